The molecule has 0 bridgehead atoms. The van der Waals surface area contributed by atoms with Crippen LogP contribution in [0.3, 0.4) is 0 Å². The summed E-state index contributed by atoms with van der Waals surface area (Å²) in [6.07, 6.45) is 0. The minimum absolute atomic E-state index is 0.131. The van der Waals surface area contributed by atoms with Crippen molar-refractivity contribution in [2.75, 3.05) is 6.61 Å². The van der Waals surface area contributed by atoms with Gasteiger partial charge in [0.2, 0.25) is 0 Å². The molecule has 2 aromatic carbocycles. The Morgan fingerprint density at radius 3 is 2.09 bits per heavy atom. The third-order valence-corrected chi connectivity index (χ3v) is 2.88. The maximum Gasteiger partial charge on any atom is 0.349 e. The number of carboxylic acid groups (broad SMARTS) is 1. The predicted molar refractivity (Wildman–Crippen MR) is 80.4 cm³/mol. The van der Waals surface area contributed by atoms with Gasteiger partial charge in [0.05, 0.1) is 5.56 Å². The summed E-state index contributed by atoms with van der Waals surface area (Å²) in [5, 5.41) is 8.78. The van der Waals surface area contributed by atoms with Crippen LogP contribution in [0.15, 0.2) is 42.5 Å². The van der Waals surface area contributed by atoms with E-state index in [1.165, 1.54) is 24.3 Å². The number of esters is 1. The number of aromatic carboxylic acids is 1. The Morgan fingerprint density at radius 2 is 1.55 bits per heavy atom. The minimum Gasteiger partial charge on any atom is -0.482 e. The number of aryl methyl sites for hydroxylation is 2. The molecule has 2 rings (SSSR count). The molecule has 0 amide bonds. The molecular formula is C17H16O5. The van der Waals surface area contributed by atoms with Crippen LogP contribution in [0.2, 0.25) is 0 Å². The van der Waals surface area contributed by atoms with Crippen molar-refractivity contribution in [1.29, 1.82) is 0 Å². The number of rotatable bonds is 5. The van der Waals surface area contributed by atoms with Crippen LogP contribution in [0.25, 0.3) is 0 Å². The van der Waals surface area contributed by atoms with Crippen molar-refractivity contribution in [3.63, 3.8) is 0 Å². The molecule has 114 valence electrons. The fourth-order valence-corrected chi connectivity index (χ4v) is 1.98. The second-order valence-corrected chi connectivity index (χ2v) is 4.92. The van der Waals surface area contributed by atoms with Gasteiger partial charge >= 0.3 is 11.9 Å². The molecule has 0 fully saturated rings. The van der Waals surface area contributed by atoms with Gasteiger partial charge in [-0.2, -0.15) is 0 Å². The molecule has 5 nitrogen and oxygen atoms in total. The first-order chi connectivity index (χ1) is 10.4. The number of hydrogen-bond donors (Lipinski definition) is 1. The maximum atomic E-state index is 11.7. The fourth-order valence-electron chi connectivity index (χ4n) is 1.98. The van der Waals surface area contributed by atoms with Gasteiger partial charge in [-0.15, -0.1) is 0 Å². The molecular weight excluding hydrogens is 284 g/mol. The molecule has 0 saturated carbocycles. The molecule has 0 unspecified atom stereocenters. The van der Waals surface area contributed by atoms with E-state index in [1.807, 2.05) is 32.0 Å². The zero-order valence-electron chi connectivity index (χ0n) is 12.3. The Kier molecular flexibility index (Phi) is 4.78. The molecule has 0 radical (unpaired) electrons. The summed E-state index contributed by atoms with van der Waals surface area (Å²) in [6, 6.07) is 11.3. The number of carbonyl (C=O) groups excluding carboxylic acids is 1. The van der Waals surface area contributed by atoms with Gasteiger partial charge in [-0.25, -0.2) is 9.59 Å². The van der Waals surface area contributed by atoms with Crippen LogP contribution < -0.4 is 9.47 Å². The second kappa shape index (κ2) is 6.76. The average Bonchev–Trinajstić information content (AvgIpc) is 2.45. The van der Waals surface area contributed by atoms with Gasteiger partial charge in [0.1, 0.15) is 11.5 Å². The quantitative estimate of drug-likeness (QED) is 0.679. The molecule has 0 saturated heterocycles. The molecule has 0 atom stereocenters. The van der Waals surface area contributed by atoms with E-state index in [4.69, 9.17) is 14.6 Å². The van der Waals surface area contributed by atoms with Crippen LogP contribution in [0.4, 0.5) is 0 Å². The van der Waals surface area contributed by atoms with E-state index in [9.17, 15) is 9.59 Å². The van der Waals surface area contributed by atoms with E-state index in [-0.39, 0.29) is 17.9 Å². The zero-order valence-corrected chi connectivity index (χ0v) is 12.3. The molecule has 0 aliphatic carbocycles. The van der Waals surface area contributed by atoms with Crippen molar-refractivity contribution in [1.82, 2.24) is 0 Å². The number of benzene rings is 2. The molecule has 0 heterocycles. The van der Waals surface area contributed by atoms with Crippen molar-refractivity contribution in [3.05, 3.63) is 59.2 Å². The summed E-state index contributed by atoms with van der Waals surface area (Å²) in [4.78, 5) is 22.4. The number of carboxylic acids is 1. The maximum absolute atomic E-state index is 11.7. The SMILES string of the molecule is Cc1cc(C)cc(OCC(=O)Oc2ccc(C(=O)O)cc2)c1. The first kappa shape index (κ1) is 15.6. The molecule has 0 aliphatic rings. The van der Waals surface area contributed by atoms with E-state index < -0.39 is 11.9 Å². The molecule has 5 heteroatoms. The average molecular weight is 300 g/mol. The van der Waals surface area contributed by atoms with Gasteiger partial charge < -0.3 is 14.6 Å². The van der Waals surface area contributed by atoms with E-state index in [0.29, 0.717) is 5.75 Å². The molecule has 22 heavy (non-hydrogen) atoms. The molecule has 0 spiro atoms. The smallest absolute Gasteiger partial charge is 0.349 e. The topological polar surface area (TPSA) is 72.8 Å². The highest BCUT2D eigenvalue weighted by atomic mass is 16.6. The van der Waals surface area contributed by atoms with Crippen LogP contribution in [0.5, 0.6) is 11.5 Å². The minimum atomic E-state index is -1.03. The highest BCUT2D eigenvalue weighted by Gasteiger charge is 2.08. The van der Waals surface area contributed by atoms with Crippen LogP contribution in [-0.2, 0) is 4.79 Å². The third-order valence-electron chi connectivity index (χ3n) is 2.88. The second-order valence-electron chi connectivity index (χ2n) is 4.92. The third kappa shape index (κ3) is 4.34. The Balaban J connectivity index is 1.91. The normalized spacial score (nSPS) is 10.1. The van der Waals surface area contributed by atoms with E-state index in [0.717, 1.165) is 11.1 Å². The zero-order chi connectivity index (χ0) is 16.1. The van der Waals surface area contributed by atoms with Crippen molar-refractivity contribution >= 4 is 11.9 Å². The van der Waals surface area contributed by atoms with Crippen LogP contribution in [0.1, 0.15) is 21.5 Å². The van der Waals surface area contributed by atoms with Gasteiger partial charge in [0.15, 0.2) is 6.61 Å². The Morgan fingerprint density at radius 1 is 0.955 bits per heavy atom. The standard InChI is InChI=1S/C17H16O5/c1-11-7-12(2)9-15(8-11)21-10-16(18)22-14-5-3-13(4-6-14)17(19)20/h3-9H,10H2,1-2H3,(H,19,20). The van der Waals surface area contributed by atoms with Crippen LogP contribution in [0, 0.1) is 13.8 Å². The summed E-state index contributed by atoms with van der Waals surface area (Å²) < 4.78 is 10.5. The Bertz CT molecular complexity index is 668. The Labute approximate surface area is 128 Å². The van der Waals surface area contributed by atoms with Gasteiger partial charge in [-0.05, 0) is 61.4 Å². The number of hydrogen-bond acceptors (Lipinski definition) is 4. The lowest BCUT2D eigenvalue weighted by molar-refractivity contribution is -0.136. The fraction of sp³-hybridized carbons (Fsp3) is 0.176. The molecule has 0 aromatic heterocycles. The number of carbonyl (C=O) groups is 2. The summed E-state index contributed by atoms with van der Waals surface area (Å²) in [6.45, 7) is 3.67. The van der Waals surface area contributed by atoms with Crippen molar-refractivity contribution in [3.8, 4) is 11.5 Å². The molecule has 2 aromatic rings. The van der Waals surface area contributed by atoms with Gasteiger partial charge in [-0.3, -0.25) is 0 Å². The van der Waals surface area contributed by atoms with Gasteiger partial charge in [-0.1, -0.05) is 6.07 Å². The molecule has 0 aliphatic heterocycles. The van der Waals surface area contributed by atoms with E-state index in [2.05, 4.69) is 0 Å². The monoisotopic (exact) mass is 300 g/mol. The van der Waals surface area contributed by atoms with Crippen LogP contribution in [-0.4, -0.2) is 23.7 Å². The van der Waals surface area contributed by atoms with Gasteiger partial charge in [0, 0.05) is 0 Å². The lowest BCUT2D eigenvalue weighted by atomic mass is 10.1. The molecule has 1 N–H and O–H groups in total. The summed E-state index contributed by atoms with van der Waals surface area (Å²) in [5.41, 5.74) is 2.23. The van der Waals surface area contributed by atoms with E-state index in [1.54, 1.807) is 0 Å². The largest absolute Gasteiger partial charge is 0.482 e. The predicted octanol–water partition coefficient (Wildman–Crippen LogP) is 2.99. The first-order valence-electron chi connectivity index (χ1n) is 6.69. The lowest BCUT2D eigenvalue weighted by Crippen LogP contribution is -2.17. The summed E-state index contributed by atoms with van der Waals surface area (Å²) >= 11 is 0. The van der Waals surface area contributed by atoms with Crippen molar-refractivity contribution in [2.24, 2.45) is 0 Å². The van der Waals surface area contributed by atoms with Crippen LogP contribution >= 0.6 is 0 Å². The summed E-state index contributed by atoms with van der Waals surface area (Å²) in [5.74, 6) is -0.701. The van der Waals surface area contributed by atoms with Gasteiger partial charge in [0.25, 0.3) is 0 Å². The van der Waals surface area contributed by atoms with E-state index >= 15 is 0 Å². The highest BCUT2D eigenvalue weighted by Crippen LogP contribution is 2.17. The first-order valence-corrected chi connectivity index (χ1v) is 6.69. The van der Waals surface area contributed by atoms with Crippen molar-refractivity contribution in [2.45, 2.75) is 13.8 Å². The summed E-state index contributed by atoms with van der Waals surface area (Å²) in [7, 11) is 0. The number of ether oxygens (including phenoxy) is 2. The highest BCUT2D eigenvalue weighted by molar-refractivity contribution is 5.87. The van der Waals surface area contributed by atoms with Crippen molar-refractivity contribution < 1.29 is 24.2 Å². The lowest BCUT2D eigenvalue weighted by Gasteiger charge is -2.08. The Hall–Kier alpha value is -2.82.